The predicted octanol–water partition coefficient (Wildman–Crippen LogP) is 2.62. The van der Waals surface area contributed by atoms with Gasteiger partial charge in [0.1, 0.15) is 5.82 Å². The van der Waals surface area contributed by atoms with Gasteiger partial charge in [0.2, 0.25) is 5.91 Å². The van der Waals surface area contributed by atoms with Crippen LogP contribution in [0.5, 0.6) is 0 Å². The summed E-state index contributed by atoms with van der Waals surface area (Å²) in [6.45, 7) is -0.444. The lowest BCUT2D eigenvalue weighted by Crippen LogP contribution is -2.14. The van der Waals surface area contributed by atoms with Gasteiger partial charge in [0, 0.05) is 24.2 Å². The molecule has 0 saturated carbocycles. The van der Waals surface area contributed by atoms with Crippen LogP contribution < -0.4 is 5.32 Å². The van der Waals surface area contributed by atoms with Gasteiger partial charge in [-0.25, -0.2) is 17.6 Å². The lowest BCUT2D eigenvalue weighted by Gasteiger charge is -2.07. The van der Waals surface area contributed by atoms with E-state index in [1.165, 1.54) is 29.3 Å². The fourth-order valence-corrected chi connectivity index (χ4v) is 2.44. The maximum absolute atomic E-state index is 13.7. The zero-order valence-corrected chi connectivity index (χ0v) is 14.5. The van der Waals surface area contributed by atoms with Crippen LogP contribution in [0, 0.1) is 33.4 Å². The summed E-state index contributed by atoms with van der Waals surface area (Å²) in [7, 11) is 0. The number of nitrogens with zero attached hydrogens (tertiary/aromatic N) is 5. The molecule has 0 aliphatic rings. The lowest BCUT2D eigenvalue weighted by molar-refractivity contribution is -0.389. The second-order valence-electron chi connectivity index (χ2n) is 5.87. The Morgan fingerprint density at radius 1 is 1.17 bits per heavy atom. The van der Waals surface area contributed by atoms with Crippen molar-refractivity contribution >= 4 is 17.4 Å². The first-order chi connectivity index (χ1) is 13.7. The van der Waals surface area contributed by atoms with Crippen LogP contribution in [0.1, 0.15) is 12.0 Å². The molecule has 3 aromatic rings. The number of aryl methyl sites for hydroxylation is 1. The number of rotatable bonds is 7. The molecular weight excluding hydrogens is 400 g/mol. The van der Waals surface area contributed by atoms with Crippen molar-refractivity contribution in [2.45, 2.75) is 19.5 Å². The highest BCUT2D eigenvalue weighted by Crippen LogP contribution is 2.20. The minimum atomic E-state index is -1.79. The van der Waals surface area contributed by atoms with E-state index in [2.05, 4.69) is 15.5 Å². The van der Waals surface area contributed by atoms with E-state index < -0.39 is 46.2 Å². The Morgan fingerprint density at radius 3 is 2.62 bits per heavy atom. The molecule has 0 fully saturated rings. The minimum Gasteiger partial charge on any atom is -0.358 e. The van der Waals surface area contributed by atoms with Gasteiger partial charge in [-0.1, -0.05) is 0 Å². The van der Waals surface area contributed by atoms with Crippen LogP contribution in [0.15, 0.2) is 30.7 Å². The quantitative estimate of drug-likeness (QED) is 0.211. The van der Waals surface area contributed by atoms with Gasteiger partial charge in [0.05, 0.1) is 42.3 Å². The standard InChI is InChI=1S/C16H12F4N6O3/c17-11-5-12(18)16(20)15(19)10(11)8-25-7-9(6-21-25)22-14(27)2-4-24-3-1-13(23-24)26(28)29/h1,3,5-7H,2,4,8H2,(H,22,27). The molecule has 152 valence electrons. The van der Waals surface area contributed by atoms with E-state index in [1.807, 2.05) is 0 Å². The number of aromatic nitrogens is 4. The second-order valence-corrected chi connectivity index (χ2v) is 5.87. The van der Waals surface area contributed by atoms with Gasteiger partial charge in [0.15, 0.2) is 17.5 Å². The second kappa shape index (κ2) is 8.08. The van der Waals surface area contributed by atoms with Gasteiger partial charge in [-0.05, 0) is 4.92 Å². The summed E-state index contributed by atoms with van der Waals surface area (Å²) < 4.78 is 55.9. The van der Waals surface area contributed by atoms with Crippen LogP contribution in [0.3, 0.4) is 0 Å². The molecule has 0 unspecified atom stereocenters. The van der Waals surface area contributed by atoms with Gasteiger partial charge in [-0.15, -0.1) is 0 Å². The first-order valence-electron chi connectivity index (χ1n) is 8.06. The van der Waals surface area contributed by atoms with E-state index in [9.17, 15) is 32.5 Å². The summed E-state index contributed by atoms with van der Waals surface area (Å²) in [5, 5.41) is 20.5. The van der Waals surface area contributed by atoms with Crippen molar-refractivity contribution < 1.29 is 27.3 Å². The van der Waals surface area contributed by atoms with Crippen LogP contribution in [0.4, 0.5) is 29.1 Å². The summed E-state index contributed by atoms with van der Waals surface area (Å²) in [6.07, 6.45) is 3.74. The molecule has 2 heterocycles. The van der Waals surface area contributed by atoms with Gasteiger partial charge in [-0.2, -0.15) is 9.78 Å². The summed E-state index contributed by atoms with van der Waals surface area (Å²) in [6, 6.07) is 1.43. The highest BCUT2D eigenvalue weighted by atomic mass is 19.2. The number of carbonyl (C=O) groups is 1. The van der Waals surface area contributed by atoms with Crippen LogP contribution >= 0.6 is 0 Å². The van der Waals surface area contributed by atoms with Crippen molar-refractivity contribution in [3.63, 3.8) is 0 Å². The molecule has 3 rings (SSSR count). The average Bonchev–Trinajstić information content (AvgIpc) is 3.31. The maximum Gasteiger partial charge on any atom is 0.389 e. The van der Waals surface area contributed by atoms with Crippen molar-refractivity contribution in [2.24, 2.45) is 0 Å². The van der Waals surface area contributed by atoms with Crippen molar-refractivity contribution in [3.8, 4) is 0 Å². The molecule has 1 aromatic carbocycles. The largest absolute Gasteiger partial charge is 0.389 e. The van der Waals surface area contributed by atoms with Gasteiger partial charge < -0.3 is 15.4 Å². The van der Waals surface area contributed by atoms with Gasteiger partial charge >= 0.3 is 5.82 Å². The number of hydrogen-bond acceptors (Lipinski definition) is 5. The van der Waals surface area contributed by atoms with Crippen molar-refractivity contribution in [1.82, 2.24) is 19.6 Å². The molecule has 0 aliphatic carbocycles. The van der Waals surface area contributed by atoms with E-state index in [-0.39, 0.29) is 30.5 Å². The Balaban J connectivity index is 1.59. The Kier molecular flexibility index (Phi) is 5.57. The van der Waals surface area contributed by atoms with E-state index >= 15 is 0 Å². The summed E-state index contributed by atoms with van der Waals surface area (Å²) in [5.74, 6) is -7.16. The molecule has 1 amide bonds. The van der Waals surface area contributed by atoms with E-state index in [0.29, 0.717) is 0 Å². The number of hydrogen-bond donors (Lipinski definition) is 1. The van der Waals surface area contributed by atoms with Crippen LogP contribution in [0.25, 0.3) is 0 Å². The number of halogens is 4. The first-order valence-corrected chi connectivity index (χ1v) is 8.06. The van der Waals surface area contributed by atoms with Gasteiger partial charge in [-0.3, -0.25) is 9.48 Å². The average molecular weight is 412 g/mol. The molecule has 0 bridgehead atoms. The van der Waals surface area contributed by atoms with E-state index in [4.69, 9.17) is 0 Å². The predicted molar refractivity (Wildman–Crippen MR) is 89.7 cm³/mol. The third-order valence-corrected chi connectivity index (χ3v) is 3.83. The maximum atomic E-state index is 13.7. The third-order valence-electron chi connectivity index (χ3n) is 3.83. The van der Waals surface area contributed by atoms with E-state index in [0.717, 1.165) is 4.68 Å². The fraction of sp³-hybridized carbons (Fsp3) is 0.188. The van der Waals surface area contributed by atoms with Crippen LogP contribution in [0.2, 0.25) is 0 Å². The molecule has 0 radical (unpaired) electrons. The number of benzene rings is 1. The SMILES string of the molecule is O=C(CCn1ccc([N+](=O)[O-])n1)Nc1cnn(Cc2c(F)cc(F)c(F)c2F)c1. The Labute approximate surface area is 159 Å². The summed E-state index contributed by atoms with van der Waals surface area (Å²) >= 11 is 0. The van der Waals surface area contributed by atoms with Crippen LogP contribution in [-0.2, 0) is 17.9 Å². The number of nitro groups is 1. The van der Waals surface area contributed by atoms with Crippen molar-refractivity contribution in [1.29, 1.82) is 0 Å². The summed E-state index contributed by atoms with van der Waals surface area (Å²) in [4.78, 5) is 21.8. The Morgan fingerprint density at radius 2 is 1.93 bits per heavy atom. The minimum absolute atomic E-state index is 0.0591. The molecule has 29 heavy (non-hydrogen) atoms. The van der Waals surface area contributed by atoms with Crippen LogP contribution in [-0.4, -0.2) is 30.4 Å². The van der Waals surface area contributed by atoms with Crippen molar-refractivity contribution in [3.05, 3.63) is 69.7 Å². The Hall–Kier alpha value is -3.77. The van der Waals surface area contributed by atoms with E-state index in [1.54, 1.807) is 0 Å². The first kappa shape index (κ1) is 20.0. The zero-order chi connectivity index (χ0) is 21.1. The van der Waals surface area contributed by atoms with Gasteiger partial charge in [0.25, 0.3) is 0 Å². The molecule has 2 aromatic heterocycles. The highest BCUT2D eigenvalue weighted by molar-refractivity contribution is 5.90. The molecular formula is C16H12F4N6O3. The van der Waals surface area contributed by atoms with Crippen molar-refractivity contribution in [2.75, 3.05) is 5.32 Å². The fourth-order valence-electron chi connectivity index (χ4n) is 2.44. The molecule has 0 spiro atoms. The molecule has 13 heteroatoms. The third kappa shape index (κ3) is 4.56. The summed E-state index contributed by atoms with van der Waals surface area (Å²) in [5.41, 5.74) is -0.519. The molecule has 0 aliphatic heterocycles. The highest BCUT2D eigenvalue weighted by Gasteiger charge is 2.19. The normalized spacial score (nSPS) is 10.9. The molecule has 0 saturated heterocycles. The topological polar surface area (TPSA) is 108 Å². The number of anilines is 1. The lowest BCUT2D eigenvalue weighted by atomic mass is 10.2. The smallest absolute Gasteiger partial charge is 0.358 e. The Bertz CT molecular complexity index is 1080. The number of carbonyl (C=O) groups excluding carboxylic acids is 1. The number of amides is 1. The number of nitrogens with one attached hydrogen (secondary N) is 1. The molecule has 1 N–H and O–H groups in total. The zero-order valence-electron chi connectivity index (χ0n) is 14.5. The molecule has 9 nitrogen and oxygen atoms in total. The monoisotopic (exact) mass is 412 g/mol. The molecule has 0 atom stereocenters.